The first-order valence-corrected chi connectivity index (χ1v) is 5.18. The van der Waals surface area contributed by atoms with Crippen LogP contribution < -0.4 is 10.5 Å². The van der Waals surface area contributed by atoms with Gasteiger partial charge >= 0.3 is 0 Å². The van der Waals surface area contributed by atoms with Crippen molar-refractivity contribution in [2.45, 2.75) is 32.8 Å². The summed E-state index contributed by atoms with van der Waals surface area (Å²) < 4.78 is 5.73. The Morgan fingerprint density at radius 1 is 1.53 bits per heavy atom. The van der Waals surface area contributed by atoms with Gasteiger partial charge in [-0.1, -0.05) is 19.1 Å². The lowest BCUT2D eigenvalue weighted by atomic mass is 10.2. The molecule has 3 nitrogen and oxygen atoms in total. The number of ether oxygens (including phenoxy) is 1. The van der Waals surface area contributed by atoms with Crippen LogP contribution in [0.2, 0.25) is 0 Å². The lowest BCUT2D eigenvalue weighted by molar-refractivity contribution is 0.204. The van der Waals surface area contributed by atoms with Crippen molar-refractivity contribution in [3.05, 3.63) is 29.8 Å². The van der Waals surface area contributed by atoms with Gasteiger partial charge in [0.05, 0.1) is 5.84 Å². The van der Waals surface area contributed by atoms with E-state index in [1.807, 2.05) is 38.1 Å². The molecule has 0 aliphatic carbocycles. The summed E-state index contributed by atoms with van der Waals surface area (Å²) in [5.74, 6) is 1.03. The van der Waals surface area contributed by atoms with Gasteiger partial charge in [-0.2, -0.15) is 0 Å². The van der Waals surface area contributed by atoms with Gasteiger partial charge in [-0.05, 0) is 31.0 Å². The highest BCUT2D eigenvalue weighted by molar-refractivity contribution is 5.77. The van der Waals surface area contributed by atoms with Crippen LogP contribution in [-0.4, -0.2) is 11.9 Å². The summed E-state index contributed by atoms with van der Waals surface area (Å²) >= 11 is 0. The average molecular weight is 206 g/mol. The molecule has 0 bridgehead atoms. The average Bonchev–Trinajstić information content (AvgIpc) is 2.16. The highest BCUT2D eigenvalue weighted by atomic mass is 16.5. The first-order chi connectivity index (χ1) is 7.11. The van der Waals surface area contributed by atoms with Crippen molar-refractivity contribution in [3.8, 4) is 5.75 Å². The van der Waals surface area contributed by atoms with Crippen molar-refractivity contribution >= 4 is 5.84 Å². The molecule has 3 heteroatoms. The van der Waals surface area contributed by atoms with Gasteiger partial charge in [0.15, 0.2) is 0 Å². The molecule has 1 rings (SSSR count). The highest BCUT2D eigenvalue weighted by Gasteiger charge is 2.09. The molecule has 1 unspecified atom stereocenters. The molecule has 1 atom stereocenters. The molecule has 0 radical (unpaired) electrons. The zero-order valence-corrected chi connectivity index (χ0v) is 9.29. The smallest absolute Gasteiger partial charge is 0.119 e. The van der Waals surface area contributed by atoms with E-state index in [-0.39, 0.29) is 11.9 Å². The molecule has 0 aliphatic heterocycles. The summed E-state index contributed by atoms with van der Waals surface area (Å²) in [6.07, 6.45) is 1.35. The maximum atomic E-state index is 7.23. The number of benzene rings is 1. The normalized spacial score (nSPS) is 12.1. The van der Waals surface area contributed by atoms with E-state index in [0.29, 0.717) is 6.42 Å². The fourth-order valence-electron chi connectivity index (χ4n) is 1.40. The Morgan fingerprint density at radius 2 is 2.27 bits per heavy atom. The molecule has 0 saturated heterocycles. The minimum Gasteiger partial charge on any atom is -0.490 e. The Balaban J connectivity index is 2.62. The molecule has 0 amide bonds. The standard InChI is InChI=1S/C12H18N2O/c1-3-10(8-12(13)14)15-11-6-4-5-9(2)7-11/h4-7,10H,3,8H2,1-2H3,(H3,13,14). The monoisotopic (exact) mass is 206 g/mol. The molecule has 3 N–H and O–H groups in total. The Morgan fingerprint density at radius 3 is 2.80 bits per heavy atom. The SMILES string of the molecule is CCC(CC(=N)N)Oc1cccc(C)c1. The third kappa shape index (κ3) is 4.02. The van der Waals surface area contributed by atoms with E-state index in [2.05, 4.69) is 0 Å². The molecule has 0 aromatic heterocycles. The van der Waals surface area contributed by atoms with E-state index in [1.165, 1.54) is 5.56 Å². The number of aryl methyl sites for hydroxylation is 1. The van der Waals surface area contributed by atoms with Gasteiger partial charge in [-0.15, -0.1) is 0 Å². The van der Waals surface area contributed by atoms with Gasteiger partial charge in [-0.3, -0.25) is 5.41 Å². The Kier molecular flexibility index (Phi) is 4.16. The quantitative estimate of drug-likeness (QED) is 0.574. The number of rotatable bonds is 5. The maximum absolute atomic E-state index is 7.23. The molecule has 15 heavy (non-hydrogen) atoms. The molecular formula is C12H18N2O. The van der Waals surface area contributed by atoms with Gasteiger partial charge in [0.1, 0.15) is 11.9 Å². The van der Waals surface area contributed by atoms with Crippen molar-refractivity contribution in [1.29, 1.82) is 5.41 Å². The van der Waals surface area contributed by atoms with Crippen LogP contribution >= 0.6 is 0 Å². The second kappa shape index (κ2) is 5.39. The van der Waals surface area contributed by atoms with Gasteiger partial charge < -0.3 is 10.5 Å². The molecule has 0 fully saturated rings. The predicted octanol–water partition coefficient (Wildman–Crippen LogP) is 2.48. The van der Waals surface area contributed by atoms with Crippen LogP contribution in [0.4, 0.5) is 0 Å². The van der Waals surface area contributed by atoms with E-state index >= 15 is 0 Å². The fraction of sp³-hybridized carbons (Fsp3) is 0.417. The zero-order chi connectivity index (χ0) is 11.3. The highest BCUT2D eigenvalue weighted by Crippen LogP contribution is 2.16. The van der Waals surface area contributed by atoms with Crippen molar-refractivity contribution in [1.82, 2.24) is 0 Å². The van der Waals surface area contributed by atoms with Crippen LogP contribution in [0.15, 0.2) is 24.3 Å². The van der Waals surface area contributed by atoms with E-state index in [0.717, 1.165) is 12.2 Å². The van der Waals surface area contributed by atoms with Crippen LogP contribution in [0.5, 0.6) is 5.75 Å². The predicted molar refractivity (Wildman–Crippen MR) is 62.4 cm³/mol. The lowest BCUT2D eigenvalue weighted by Crippen LogP contribution is -2.23. The first kappa shape index (κ1) is 11.6. The van der Waals surface area contributed by atoms with Crippen LogP contribution in [0.3, 0.4) is 0 Å². The number of hydrogen-bond acceptors (Lipinski definition) is 2. The van der Waals surface area contributed by atoms with Crippen LogP contribution in [0.1, 0.15) is 25.3 Å². The van der Waals surface area contributed by atoms with E-state index in [1.54, 1.807) is 0 Å². The Hall–Kier alpha value is -1.51. The topological polar surface area (TPSA) is 59.1 Å². The van der Waals surface area contributed by atoms with Crippen molar-refractivity contribution in [2.75, 3.05) is 0 Å². The fourth-order valence-corrected chi connectivity index (χ4v) is 1.40. The summed E-state index contributed by atoms with van der Waals surface area (Å²) in [6, 6.07) is 7.91. The summed E-state index contributed by atoms with van der Waals surface area (Å²) in [5.41, 5.74) is 6.53. The summed E-state index contributed by atoms with van der Waals surface area (Å²) in [7, 11) is 0. The van der Waals surface area contributed by atoms with Gasteiger partial charge in [-0.25, -0.2) is 0 Å². The molecule has 0 heterocycles. The van der Waals surface area contributed by atoms with E-state index in [9.17, 15) is 0 Å². The number of nitrogens with one attached hydrogen (secondary N) is 1. The van der Waals surface area contributed by atoms with E-state index in [4.69, 9.17) is 15.9 Å². The second-order valence-electron chi connectivity index (χ2n) is 3.69. The largest absolute Gasteiger partial charge is 0.490 e. The Bertz CT molecular complexity index is 336. The van der Waals surface area contributed by atoms with Crippen molar-refractivity contribution < 1.29 is 4.74 Å². The third-order valence-electron chi connectivity index (χ3n) is 2.20. The zero-order valence-electron chi connectivity index (χ0n) is 9.29. The van der Waals surface area contributed by atoms with Crippen molar-refractivity contribution in [3.63, 3.8) is 0 Å². The molecule has 1 aromatic rings. The van der Waals surface area contributed by atoms with Crippen LogP contribution in [-0.2, 0) is 0 Å². The number of amidine groups is 1. The molecule has 0 spiro atoms. The maximum Gasteiger partial charge on any atom is 0.119 e. The molecule has 82 valence electrons. The number of nitrogens with two attached hydrogens (primary N) is 1. The molecule has 0 aliphatic rings. The minimum atomic E-state index is 0.00398. The van der Waals surface area contributed by atoms with Gasteiger partial charge in [0.25, 0.3) is 0 Å². The summed E-state index contributed by atoms with van der Waals surface area (Å²) in [5, 5.41) is 7.23. The van der Waals surface area contributed by atoms with Gasteiger partial charge in [0, 0.05) is 6.42 Å². The lowest BCUT2D eigenvalue weighted by Gasteiger charge is -2.17. The summed E-state index contributed by atoms with van der Waals surface area (Å²) in [4.78, 5) is 0. The third-order valence-corrected chi connectivity index (χ3v) is 2.20. The Labute approximate surface area is 90.8 Å². The number of hydrogen-bond donors (Lipinski definition) is 2. The molecule has 1 aromatic carbocycles. The van der Waals surface area contributed by atoms with Crippen LogP contribution in [0.25, 0.3) is 0 Å². The van der Waals surface area contributed by atoms with Crippen LogP contribution in [0, 0.1) is 12.3 Å². The molecule has 0 saturated carbocycles. The van der Waals surface area contributed by atoms with E-state index < -0.39 is 0 Å². The first-order valence-electron chi connectivity index (χ1n) is 5.18. The summed E-state index contributed by atoms with van der Waals surface area (Å²) in [6.45, 7) is 4.06. The second-order valence-corrected chi connectivity index (χ2v) is 3.69. The van der Waals surface area contributed by atoms with Gasteiger partial charge in [0.2, 0.25) is 0 Å². The molecular weight excluding hydrogens is 188 g/mol. The minimum absolute atomic E-state index is 0.00398. The van der Waals surface area contributed by atoms with Crippen molar-refractivity contribution in [2.24, 2.45) is 5.73 Å².